The summed E-state index contributed by atoms with van der Waals surface area (Å²) in [6, 6.07) is 8.77. The molecule has 1 N–H and O–H groups in total. The van der Waals surface area contributed by atoms with Gasteiger partial charge in [0.05, 0.1) is 0 Å². The van der Waals surface area contributed by atoms with E-state index in [4.69, 9.17) is 11.6 Å². The van der Waals surface area contributed by atoms with Crippen molar-refractivity contribution in [3.63, 3.8) is 0 Å². The monoisotopic (exact) mass is 318 g/mol. The number of carbonyl (C=O) groups is 1. The predicted octanol–water partition coefficient (Wildman–Crippen LogP) is 3.62. The molecule has 5 nitrogen and oxygen atoms in total. The van der Waals surface area contributed by atoms with Gasteiger partial charge < -0.3 is 5.32 Å². The van der Waals surface area contributed by atoms with Gasteiger partial charge in [-0.15, -0.1) is 0 Å². The van der Waals surface area contributed by atoms with Crippen molar-refractivity contribution in [1.29, 1.82) is 0 Å². The number of aromatic nitrogens is 2. The first kappa shape index (κ1) is 16.2. The molecular weight excluding hydrogens is 300 g/mol. The Labute approximate surface area is 135 Å². The van der Waals surface area contributed by atoms with Gasteiger partial charge >= 0.3 is 0 Å². The maximum Gasteiger partial charge on any atom is 0.259 e. The second-order valence-corrected chi connectivity index (χ2v) is 5.53. The van der Waals surface area contributed by atoms with Crippen LogP contribution in [0.25, 0.3) is 0 Å². The molecule has 0 aliphatic carbocycles. The van der Waals surface area contributed by atoms with Crippen molar-refractivity contribution >= 4 is 29.3 Å². The van der Waals surface area contributed by atoms with Crippen molar-refractivity contribution in [3.8, 4) is 0 Å². The fraction of sp³-hybridized carbons (Fsp3) is 0.312. The number of hydrogen-bond acceptors (Lipinski definition) is 4. The highest BCUT2D eigenvalue weighted by atomic mass is 35.5. The summed E-state index contributed by atoms with van der Waals surface area (Å²) in [6.07, 6.45) is 1.64. The van der Waals surface area contributed by atoms with E-state index in [2.05, 4.69) is 15.3 Å². The van der Waals surface area contributed by atoms with Gasteiger partial charge in [0.2, 0.25) is 5.95 Å². The number of anilines is 2. The lowest BCUT2D eigenvalue weighted by Crippen LogP contribution is -2.31. The lowest BCUT2D eigenvalue weighted by molar-refractivity contribution is 0.0987. The third-order valence-corrected chi connectivity index (χ3v) is 3.24. The normalized spacial score (nSPS) is 10.6. The molecule has 116 valence electrons. The molecule has 0 saturated carbocycles. The first-order valence-electron chi connectivity index (χ1n) is 7.18. The van der Waals surface area contributed by atoms with Gasteiger partial charge in [0.25, 0.3) is 5.91 Å². The Balaban J connectivity index is 2.27. The first-order valence-corrected chi connectivity index (χ1v) is 7.56. The molecule has 0 radical (unpaired) electrons. The fourth-order valence-corrected chi connectivity index (χ4v) is 2.11. The van der Waals surface area contributed by atoms with E-state index in [0.717, 1.165) is 0 Å². The Kier molecular flexibility index (Phi) is 5.33. The summed E-state index contributed by atoms with van der Waals surface area (Å²) in [5.41, 5.74) is 0.572. The molecule has 22 heavy (non-hydrogen) atoms. The fourth-order valence-electron chi connectivity index (χ4n) is 1.99. The highest BCUT2D eigenvalue weighted by Gasteiger charge is 2.17. The Morgan fingerprint density at radius 2 is 1.95 bits per heavy atom. The van der Waals surface area contributed by atoms with Gasteiger partial charge in [-0.05, 0) is 51.1 Å². The SMILES string of the molecule is CCN(C(=O)c1ccc(Cl)cc1)c1ccnc(NC(C)C)n1. The van der Waals surface area contributed by atoms with Gasteiger partial charge in [-0.25, -0.2) is 4.98 Å². The van der Waals surface area contributed by atoms with Gasteiger partial charge in [-0.2, -0.15) is 4.98 Å². The molecular formula is C16H19ClN4O. The quantitative estimate of drug-likeness (QED) is 0.914. The number of carbonyl (C=O) groups excluding carboxylic acids is 1. The molecule has 0 aliphatic rings. The van der Waals surface area contributed by atoms with Crippen LogP contribution < -0.4 is 10.2 Å². The maximum absolute atomic E-state index is 12.6. The lowest BCUT2D eigenvalue weighted by Gasteiger charge is -2.20. The highest BCUT2D eigenvalue weighted by Crippen LogP contribution is 2.17. The van der Waals surface area contributed by atoms with E-state index >= 15 is 0 Å². The molecule has 0 saturated heterocycles. The summed E-state index contributed by atoms with van der Waals surface area (Å²) in [5.74, 6) is 0.962. The molecule has 0 aliphatic heterocycles. The summed E-state index contributed by atoms with van der Waals surface area (Å²) >= 11 is 5.86. The minimum atomic E-state index is -0.117. The van der Waals surface area contributed by atoms with E-state index in [1.165, 1.54) is 0 Å². The van der Waals surface area contributed by atoms with E-state index < -0.39 is 0 Å². The third kappa shape index (κ3) is 3.95. The standard InChI is InChI=1S/C16H19ClN4O/c1-4-21(15(22)12-5-7-13(17)8-6-12)14-9-10-18-16(20-14)19-11(2)3/h5-11H,4H2,1-3H3,(H,18,19,20). The van der Waals surface area contributed by atoms with E-state index in [0.29, 0.717) is 28.9 Å². The molecule has 6 heteroatoms. The number of nitrogens with one attached hydrogen (secondary N) is 1. The molecule has 0 spiro atoms. The van der Waals surface area contributed by atoms with Crippen molar-refractivity contribution < 1.29 is 4.79 Å². The smallest absolute Gasteiger partial charge is 0.259 e. The molecule has 2 aromatic rings. The second-order valence-electron chi connectivity index (χ2n) is 5.09. The number of nitrogens with zero attached hydrogens (tertiary/aromatic N) is 3. The van der Waals surface area contributed by atoms with Crippen molar-refractivity contribution in [3.05, 3.63) is 47.1 Å². The van der Waals surface area contributed by atoms with Crippen LogP contribution in [0.4, 0.5) is 11.8 Å². The van der Waals surface area contributed by atoms with Gasteiger partial charge in [-0.3, -0.25) is 9.69 Å². The molecule has 0 bridgehead atoms. The first-order chi connectivity index (χ1) is 10.5. The van der Waals surface area contributed by atoms with Crippen LogP contribution in [0.2, 0.25) is 5.02 Å². The summed E-state index contributed by atoms with van der Waals surface area (Å²) in [4.78, 5) is 22.8. The van der Waals surface area contributed by atoms with E-state index in [1.807, 2.05) is 20.8 Å². The van der Waals surface area contributed by atoms with Gasteiger partial charge in [0.1, 0.15) is 5.82 Å². The summed E-state index contributed by atoms with van der Waals surface area (Å²) in [7, 11) is 0. The Morgan fingerprint density at radius 3 is 2.55 bits per heavy atom. The number of rotatable bonds is 5. The van der Waals surface area contributed by atoms with E-state index in [1.54, 1.807) is 41.4 Å². The average Bonchev–Trinajstić information content (AvgIpc) is 2.48. The Hall–Kier alpha value is -2.14. The molecule has 1 aromatic carbocycles. The molecule has 1 heterocycles. The number of benzene rings is 1. The summed E-state index contributed by atoms with van der Waals surface area (Å²) in [6.45, 7) is 6.43. The largest absolute Gasteiger partial charge is 0.352 e. The molecule has 1 aromatic heterocycles. The molecule has 1 amide bonds. The summed E-state index contributed by atoms with van der Waals surface area (Å²) in [5, 5.41) is 3.73. The van der Waals surface area contributed by atoms with Crippen molar-refractivity contribution in [2.24, 2.45) is 0 Å². The number of hydrogen-bond donors (Lipinski definition) is 1. The Morgan fingerprint density at radius 1 is 1.27 bits per heavy atom. The average molecular weight is 319 g/mol. The van der Waals surface area contributed by atoms with Gasteiger partial charge in [0, 0.05) is 29.4 Å². The zero-order valence-corrected chi connectivity index (χ0v) is 13.6. The predicted molar refractivity (Wildman–Crippen MR) is 89.6 cm³/mol. The summed E-state index contributed by atoms with van der Waals surface area (Å²) < 4.78 is 0. The second kappa shape index (κ2) is 7.22. The minimum Gasteiger partial charge on any atom is -0.352 e. The topological polar surface area (TPSA) is 58.1 Å². The minimum absolute atomic E-state index is 0.117. The van der Waals surface area contributed by atoms with Gasteiger partial charge in [0.15, 0.2) is 0 Å². The molecule has 0 unspecified atom stereocenters. The molecule has 0 atom stereocenters. The van der Waals surface area contributed by atoms with E-state index in [9.17, 15) is 4.79 Å². The van der Waals surface area contributed by atoms with E-state index in [-0.39, 0.29) is 11.9 Å². The van der Waals surface area contributed by atoms with Crippen LogP contribution in [0.5, 0.6) is 0 Å². The molecule has 0 fully saturated rings. The van der Waals surface area contributed by atoms with Crippen molar-refractivity contribution in [1.82, 2.24) is 9.97 Å². The molecule has 2 rings (SSSR count). The maximum atomic E-state index is 12.6. The van der Waals surface area contributed by atoms with Crippen LogP contribution in [0.1, 0.15) is 31.1 Å². The lowest BCUT2D eigenvalue weighted by atomic mass is 10.2. The number of halogens is 1. The van der Waals surface area contributed by atoms with Crippen LogP contribution in [-0.2, 0) is 0 Å². The third-order valence-electron chi connectivity index (χ3n) is 2.99. The zero-order valence-electron chi connectivity index (χ0n) is 12.9. The zero-order chi connectivity index (χ0) is 16.1. The van der Waals surface area contributed by atoms with Crippen molar-refractivity contribution in [2.45, 2.75) is 26.8 Å². The van der Waals surface area contributed by atoms with Crippen LogP contribution in [0, 0.1) is 0 Å². The van der Waals surface area contributed by atoms with Gasteiger partial charge in [-0.1, -0.05) is 11.6 Å². The van der Waals surface area contributed by atoms with Crippen LogP contribution in [0.15, 0.2) is 36.5 Å². The van der Waals surface area contributed by atoms with Crippen LogP contribution in [0.3, 0.4) is 0 Å². The van der Waals surface area contributed by atoms with Crippen LogP contribution >= 0.6 is 11.6 Å². The Bertz CT molecular complexity index is 643. The highest BCUT2D eigenvalue weighted by molar-refractivity contribution is 6.30. The number of amides is 1. The van der Waals surface area contributed by atoms with Crippen molar-refractivity contribution in [2.75, 3.05) is 16.8 Å². The van der Waals surface area contributed by atoms with Crippen LogP contribution in [-0.4, -0.2) is 28.5 Å².